The molecule has 258 valence electrons. The molecule has 8 atom stereocenters. The van der Waals surface area contributed by atoms with Gasteiger partial charge in [0.2, 0.25) is 5.91 Å². The van der Waals surface area contributed by atoms with Crippen molar-refractivity contribution >= 4 is 29.2 Å². The van der Waals surface area contributed by atoms with Crippen molar-refractivity contribution in [1.29, 1.82) is 0 Å². The second-order valence-electron chi connectivity index (χ2n) is 17.1. The van der Waals surface area contributed by atoms with Crippen molar-refractivity contribution in [2.24, 2.45) is 51.2 Å². The third-order valence-corrected chi connectivity index (χ3v) is 15.9. The van der Waals surface area contributed by atoms with E-state index in [-0.39, 0.29) is 21.7 Å². The van der Waals surface area contributed by atoms with E-state index in [1.165, 1.54) is 49.3 Å². The molecule has 4 saturated carbocycles. The molecule has 5 aliphatic carbocycles. The number of hydrogen-bond donors (Lipinski definition) is 2. The van der Waals surface area contributed by atoms with E-state index in [1.807, 2.05) is 11.8 Å². The van der Waals surface area contributed by atoms with E-state index in [0.717, 1.165) is 70.3 Å². The molecule has 5 nitrogen and oxygen atoms in total. The summed E-state index contributed by atoms with van der Waals surface area (Å²) in [7, 11) is 0. The number of benzene rings is 1. The van der Waals surface area contributed by atoms with Crippen LogP contribution in [0.1, 0.15) is 108 Å². The summed E-state index contributed by atoms with van der Waals surface area (Å²) in [4.78, 5) is 28.0. The Morgan fingerprint density at radius 2 is 1.64 bits per heavy atom. The van der Waals surface area contributed by atoms with Crippen LogP contribution in [0.25, 0.3) is 5.57 Å². The number of hydrogen-bond acceptors (Lipinski definition) is 4. The van der Waals surface area contributed by atoms with Crippen molar-refractivity contribution in [3.8, 4) is 0 Å². The number of carbonyl (C=O) groups is 2. The van der Waals surface area contributed by atoms with Crippen molar-refractivity contribution in [2.75, 3.05) is 37.7 Å². The van der Waals surface area contributed by atoms with Gasteiger partial charge in [0.25, 0.3) is 0 Å². The Labute approximate surface area is 284 Å². The average molecular weight is 669 g/mol. The van der Waals surface area contributed by atoms with Crippen molar-refractivity contribution in [1.82, 2.24) is 10.2 Å². The molecule has 7 rings (SSSR count). The minimum atomic E-state index is -1.58. The van der Waals surface area contributed by atoms with Crippen LogP contribution in [-0.2, 0) is 4.79 Å². The summed E-state index contributed by atoms with van der Waals surface area (Å²) in [5, 5.41) is 12.7. The fourth-order valence-corrected chi connectivity index (χ4v) is 13.9. The van der Waals surface area contributed by atoms with Crippen LogP contribution >= 0.6 is 11.8 Å². The number of halogens is 2. The lowest BCUT2D eigenvalue weighted by Gasteiger charge is -2.68. The maximum absolute atomic E-state index is 14.8. The Kier molecular flexibility index (Phi) is 8.67. The molecule has 0 radical (unpaired) electrons. The van der Waals surface area contributed by atoms with Gasteiger partial charge in [0.1, 0.15) is 17.2 Å². The number of fused-ring (bicyclic) bond motifs is 7. The highest BCUT2D eigenvalue weighted by molar-refractivity contribution is 7.99. The number of thioether (sulfide) groups is 1. The highest BCUT2D eigenvalue weighted by Crippen LogP contribution is 2.73. The van der Waals surface area contributed by atoms with Gasteiger partial charge < -0.3 is 10.4 Å². The molecular weight excluding hydrogens is 615 g/mol. The van der Waals surface area contributed by atoms with Gasteiger partial charge in [-0.05, 0) is 127 Å². The van der Waals surface area contributed by atoms with Gasteiger partial charge >= 0.3 is 5.97 Å². The Morgan fingerprint density at radius 1 is 0.915 bits per heavy atom. The Balaban J connectivity index is 1.11. The topological polar surface area (TPSA) is 69.6 Å². The van der Waals surface area contributed by atoms with Crippen LogP contribution in [0.3, 0.4) is 0 Å². The van der Waals surface area contributed by atoms with E-state index >= 15 is 0 Å². The zero-order chi connectivity index (χ0) is 33.4. The molecule has 0 spiro atoms. The molecule has 1 aliphatic heterocycles. The van der Waals surface area contributed by atoms with Gasteiger partial charge in [-0.25, -0.2) is 13.6 Å². The zero-order valence-electron chi connectivity index (χ0n) is 28.8. The second kappa shape index (κ2) is 12.1. The number of carboxylic acids is 1. The maximum Gasteiger partial charge on any atom is 0.341 e. The van der Waals surface area contributed by atoms with Crippen LogP contribution in [0.2, 0.25) is 0 Å². The van der Waals surface area contributed by atoms with Gasteiger partial charge in [-0.3, -0.25) is 9.69 Å². The smallest absolute Gasteiger partial charge is 0.341 e. The number of amides is 1. The summed E-state index contributed by atoms with van der Waals surface area (Å²) < 4.78 is 29.7. The maximum atomic E-state index is 14.8. The molecule has 6 aliphatic rings. The number of rotatable bonds is 6. The molecule has 1 amide bonds. The number of carbonyl (C=O) groups excluding carboxylic acids is 1. The summed E-state index contributed by atoms with van der Waals surface area (Å²) >= 11 is 2.02. The first-order valence-electron chi connectivity index (χ1n) is 18.3. The molecule has 5 fully saturated rings. The van der Waals surface area contributed by atoms with Crippen LogP contribution in [0.5, 0.6) is 0 Å². The van der Waals surface area contributed by atoms with Crippen LogP contribution in [-0.4, -0.2) is 59.6 Å². The first kappa shape index (κ1) is 33.6. The van der Waals surface area contributed by atoms with Crippen LogP contribution < -0.4 is 5.32 Å². The average Bonchev–Trinajstić information content (AvgIpc) is 3.47. The lowest BCUT2D eigenvalue weighted by Crippen LogP contribution is -2.62. The molecular formula is C39H54F2N2O3S. The van der Waals surface area contributed by atoms with E-state index in [1.54, 1.807) is 0 Å². The van der Waals surface area contributed by atoms with Gasteiger partial charge in [-0.15, -0.1) is 0 Å². The van der Waals surface area contributed by atoms with Gasteiger partial charge in [-0.2, -0.15) is 11.8 Å². The highest BCUT2D eigenvalue weighted by atomic mass is 32.2. The third kappa shape index (κ3) is 5.23. The summed E-state index contributed by atoms with van der Waals surface area (Å²) in [5.74, 6) is 1.77. The highest BCUT2D eigenvalue weighted by Gasteiger charge is 2.66. The number of carboxylic acid groups (broad SMARTS) is 1. The van der Waals surface area contributed by atoms with Crippen molar-refractivity contribution in [2.45, 2.75) is 91.9 Å². The standard InChI is InChI=1S/C39H54F2N2O3S/c1-36(2)26(24-22-29(40)33(34(44)45)30(41)23-24)9-13-38(4)31(36)11-14-37(3)27-10-15-39(12-5-6-28(39)25(27)7-8-32(37)38)35(46)42-16-17-43-18-20-47-21-19-43/h9,22-23,25,27-28,31-32H,5-8,10-21H2,1-4H3,(H,42,46)(H,44,45). The molecule has 1 aromatic carbocycles. The van der Waals surface area contributed by atoms with Gasteiger partial charge in [0.05, 0.1) is 5.41 Å². The molecule has 1 aromatic rings. The summed E-state index contributed by atoms with van der Waals surface area (Å²) in [5.41, 5.74) is 0.303. The lowest BCUT2D eigenvalue weighted by molar-refractivity contribution is -0.181. The first-order valence-corrected chi connectivity index (χ1v) is 19.5. The van der Waals surface area contributed by atoms with Crippen molar-refractivity contribution in [3.05, 3.63) is 41.0 Å². The van der Waals surface area contributed by atoms with Gasteiger partial charge in [-0.1, -0.05) is 40.2 Å². The quantitative estimate of drug-likeness (QED) is 0.319. The van der Waals surface area contributed by atoms with E-state index in [0.29, 0.717) is 41.1 Å². The Hall–Kier alpha value is -1.93. The molecule has 0 bridgehead atoms. The molecule has 8 heteroatoms. The largest absolute Gasteiger partial charge is 0.477 e. The summed E-state index contributed by atoms with van der Waals surface area (Å²) in [6, 6.07) is 2.44. The predicted octanol–water partition coefficient (Wildman–Crippen LogP) is 8.29. The van der Waals surface area contributed by atoms with Crippen LogP contribution in [0.4, 0.5) is 8.78 Å². The Morgan fingerprint density at radius 3 is 2.34 bits per heavy atom. The minimum Gasteiger partial charge on any atom is -0.477 e. The summed E-state index contributed by atoms with van der Waals surface area (Å²) in [6.45, 7) is 13.5. The molecule has 1 saturated heterocycles. The number of aromatic carboxylic acids is 1. The monoisotopic (exact) mass is 668 g/mol. The lowest BCUT2D eigenvalue weighted by atomic mass is 9.36. The second-order valence-corrected chi connectivity index (χ2v) is 18.3. The predicted molar refractivity (Wildman–Crippen MR) is 184 cm³/mol. The molecule has 47 heavy (non-hydrogen) atoms. The Bertz CT molecular complexity index is 1430. The van der Waals surface area contributed by atoms with E-state index in [4.69, 9.17) is 0 Å². The van der Waals surface area contributed by atoms with Crippen molar-refractivity contribution in [3.63, 3.8) is 0 Å². The zero-order valence-corrected chi connectivity index (χ0v) is 29.6. The number of nitrogens with zero attached hydrogens (tertiary/aromatic N) is 1. The molecule has 0 aromatic heterocycles. The van der Waals surface area contributed by atoms with Crippen LogP contribution in [0.15, 0.2) is 18.2 Å². The number of nitrogens with one attached hydrogen (secondary N) is 1. The summed E-state index contributed by atoms with van der Waals surface area (Å²) in [6.07, 6.45) is 13.2. The van der Waals surface area contributed by atoms with Crippen LogP contribution in [0, 0.1) is 62.9 Å². The SMILES string of the molecule is CC1(C)C(c2cc(F)c(C(=O)O)c(F)c2)=CCC2(C)C1CCC1(C)C3CCC4(C(=O)NCCN5CCSCC5)CCCC4C3CCC12. The fraction of sp³-hybridized carbons (Fsp3) is 0.744. The molecule has 1 heterocycles. The fourth-order valence-electron chi connectivity index (χ4n) is 13.0. The van der Waals surface area contributed by atoms with E-state index in [9.17, 15) is 23.5 Å². The van der Waals surface area contributed by atoms with Crippen molar-refractivity contribution < 1.29 is 23.5 Å². The minimum absolute atomic E-state index is 0.0671. The van der Waals surface area contributed by atoms with E-state index in [2.05, 4.69) is 44.0 Å². The number of allylic oxidation sites excluding steroid dienone is 2. The normalized spacial score (nSPS) is 39.5. The van der Waals surface area contributed by atoms with Gasteiger partial charge in [0, 0.05) is 37.7 Å². The van der Waals surface area contributed by atoms with Gasteiger partial charge in [0.15, 0.2) is 0 Å². The third-order valence-electron chi connectivity index (χ3n) is 14.9. The molecule has 2 N–H and O–H groups in total. The first-order chi connectivity index (χ1) is 22.3. The molecule has 8 unspecified atom stereocenters. The van der Waals surface area contributed by atoms with E-state index < -0.39 is 23.2 Å².